The first-order valence-electron chi connectivity index (χ1n) is 8.33. The second-order valence-electron chi connectivity index (χ2n) is 8.88. The van der Waals surface area contributed by atoms with Gasteiger partial charge in [-0.25, -0.2) is 0 Å². The molecule has 2 heteroatoms. The molecular formula is C18H40N2. The number of nitrogens with one attached hydrogen (secondary N) is 1. The second kappa shape index (κ2) is 7.26. The Morgan fingerprint density at radius 1 is 0.950 bits per heavy atom. The molecule has 1 atom stereocenters. The molecule has 0 radical (unpaired) electrons. The number of hydrogen-bond donors (Lipinski definition) is 2. The van der Waals surface area contributed by atoms with Crippen LogP contribution in [0.15, 0.2) is 0 Å². The Kier molecular flexibility index (Phi) is 7.24. The Morgan fingerprint density at radius 2 is 1.45 bits per heavy atom. The monoisotopic (exact) mass is 284 g/mol. The summed E-state index contributed by atoms with van der Waals surface area (Å²) in [6, 6.07) is 0.570. The first-order valence-corrected chi connectivity index (χ1v) is 8.33. The van der Waals surface area contributed by atoms with Crippen molar-refractivity contribution >= 4 is 0 Å². The Labute approximate surface area is 128 Å². The lowest BCUT2D eigenvalue weighted by Crippen LogP contribution is -2.51. The van der Waals surface area contributed by atoms with Crippen LogP contribution in [0.3, 0.4) is 0 Å². The molecule has 0 fully saturated rings. The summed E-state index contributed by atoms with van der Waals surface area (Å²) in [6.45, 7) is 22.7. The van der Waals surface area contributed by atoms with Gasteiger partial charge in [-0.2, -0.15) is 0 Å². The van der Waals surface area contributed by atoms with Crippen molar-refractivity contribution in [1.29, 1.82) is 0 Å². The van der Waals surface area contributed by atoms with Gasteiger partial charge >= 0.3 is 0 Å². The summed E-state index contributed by atoms with van der Waals surface area (Å²) < 4.78 is 0. The van der Waals surface area contributed by atoms with E-state index in [-0.39, 0.29) is 10.8 Å². The highest BCUT2D eigenvalue weighted by Gasteiger charge is 2.37. The van der Waals surface area contributed by atoms with E-state index in [1.807, 2.05) is 0 Å². The first kappa shape index (κ1) is 19.9. The minimum absolute atomic E-state index is 0.152. The van der Waals surface area contributed by atoms with E-state index in [2.05, 4.69) is 67.6 Å². The average molecular weight is 285 g/mol. The SMILES string of the molecule is CCC(C)(C)C(CC(C)C)NCC(C)(C)C(C)(C)CN. The van der Waals surface area contributed by atoms with Gasteiger partial charge in [0.2, 0.25) is 0 Å². The van der Waals surface area contributed by atoms with Gasteiger partial charge in [-0.3, -0.25) is 0 Å². The molecule has 0 amide bonds. The van der Waals surface area contributed by atoms with Crippen LogP contribution in [0, 0.1) is 22.2 Å². The number of rotatable bonds is 9. The minimum Gasteiger partial charge on any atom is -0.330 e. The third-order valence-electron chi connectivity index (χ3n) is 5.69. The van der Waals surface area contributed by atoms with Crippen molar-refractivity contribution in [3.05, 3.63) is 0 Å². The summed E-state index contributed by atoms with van der Waals surface area (Å²) in [5, 5.41) is 3.87. The van der Waals surface area contributed by atoms with Gasteiger partial charge in [0.25, 0.3) is 0 Å². The summed E-state index contributed by atoms with van der Waals surface area (Å²) in [7, 11) is 0. The molecule has 3 N–H and O–H groups in total. The molecule has 0 heterocycles. The van der Waals surface area contributed by atoms with E-state index in [0.717, 1.165) is 19.0 Å². The van der Waals surface area contributed by atoms with Gasteiger partial charge in [0, 0.05) is 12.6 Å². The van der Waals surface area contributed by atoms with Crippen LogP contribution in [0.4, 0.5) is 0 Å². The molecule has 122 valence electrons. The zero-order chi connectivity index (χ0) is 16.2. The molecule has 20 heavy (non-hydrogen) atoms. The lowest BCUT2D eigenvalue weighted by molar-refractivity contribution is 0.0954. The first-order chi connectivity index (χ1) is 8.89. The Balaban J connectivity index is 4.86. The second-order valence-corrected chi connectivity index (χ2v) is 8.88. The zero-order valence-electron chi connectivity index (χ0n) is 15.6. The summed E-state index contributed by atoms with van der Waals surface area (Å²) in [5.74, 6) is 0.726. The van der Waals surface area contributed by atoms with Crippen LogP contribution in [-0.4, -0.2) is 19.1 Å². The Hall–Kier alpha value is -0.0800. The molecule has 0 aliphatic carbocycles. The molecule has 2 nitrogen and oxygen atoms in total. The van der Waals surface area contributed by atoms with Crippen LogP contribution in [0.2, 0.25) is 0 Å². The third kappa shape index (κ3) is 5.37. The fourth-order valence-electron chi connectivity index (χ4n) is 2.29. The van der Waals surface area contributed by atoms with Crippen LogP contribution < -0.4 is 11.1 Å². The highest BCUT2D eigenvalue weighted by molar-refractivity contribution is 4.92. The number of hydrogen-bond acceptors (Lipinski definition) is 2. The van der Waals surface area contributed by atoms with E-state index >= 15 is 0 Å². The fourth-order valence-corrected chi connectivity index (χ4v) is 2.29. The maximum Gasteiger partial charge on any atom is 0.0121 e. The molecule has 0 aromatic rings. The molecule has 0 spiro atoms. The fraction of sp³-hybridized carbons (Fsp3) is 1.00. The van der Waals surface area contributed by atoms with Crippen LogP contribution in [0.1, 0.15) is 75.2 Å². The lowest BCUT2D eigenvalue weighted by Gasteiger charge is -2.44. The van der Waals surface area contributed by atoms with Gasteiger partial charge < -0.3 is 11.1 Å². The predicted molar refractivity (Wildman–Crippen MR) is 91.9 cm³/mol. The molecule has 0 bridgehead atoms. The standard InChI is InChI=1S/C18H40N2/c1-10-16(4,5)15(11-14(2)3)20-13-18(8,9)17(6,7)12-19/h14-15,20H,10-13,19H2,1-9H3. The van der Waals surface area contributed by atoms with Crippen molar-refractivity contribution in [2.45, 2.75) is 81.2 Å². The molecule has 0 aliphatic heterocycles. The maximum absolute atomic E-state index is 5.96. The van der Waals surface area contributed by atoms with Crippen LogP contribution in [0.25, 0.3) is 0 Å². The predicted octanol–water partition coefficient (Wildman–Crippen LogP) is 4.44. The molecule has 0 aromatic heterocycles. The van der Waals surface area contributed by atoms with Gasteiger partial charge in [0.15, 0.2) is 0 Å². The average Bonchev–Trinajstić information content (AvgIpc) is 2.33. The minimum atomic E-state index is 0.152. The quantitative estimate of drug-likeness (QED) is 0.657. The zero-order valence-corrected chi connectivity index (χ0v) is 15.6. The van der Waals surface area contributed by atoms with E-state index in [0.29, 0.717) is 11.5 Å². The normalized spacial score (nSPS) is 15.8. The topological polar surface area (TPSA) is 38.0 Å². The van der Waals surface area contributed by atoms with Crippen LogP contribution in [-0.2, 0) is 0 Å². The van der Waals surface area contributed by atoms with Gasteiger partial charge in [-0.15, -0.1) is 0 Å². The summed E-state index contributed by atoms with van der Waals surface area (Å²) in [6.07, 6.45) is 2.44. The van der Waals surface area contributed by atoms with E-state index < -0.39 is 0 Å². The van der Waals surface area contributed by atoms with Crippen molar-refractivity contribution in [1.82, 2.24) is 5.32 Å². The lowest BCUT2D eigenvalue weighted by atomic mass is 9.67. The summed E-state index contributed by atoms with van der Waals surface area (Å²) >= 11 is 0. The van der Waals surface area contributed by atoms with Gasteiger partial charge in [0.1, 0.15) is 0 Å². The smallest absolute Gasteiger partial charge is 0.0121 e. The van der Waals surface area contributed by atoms with Crippen molar-refractivity contribution in [3.63, 3.8) is 0 Å². The molecular weight excluding hydrogens is 244 g/mol. The van der Waals surface area contributed by atoms with Gasteiger partial charge in [0.05, 0.1) is 0 Å². The van der Waals surface area contributed by atoms with E-state index in [9.17, 15) is 0 Å². The molecule has 1 unspecified atom stereocenters. The number of nitrogens with two attached hydrogens (primary N) is 1. The molecule has 0 rings (SSSR count). The van der Waals surface area contributed by atoms with Crippen LogP contribution >= 0.6 is 0 Å². The van der Waals surface area contributed by atoms with E-state index in [4.69, 9.17) is 5.73 Å². The largest absolute Gasteiger partial charge is 0.330 e. The van der Waals surface area contributed by atoms with Crippen molar-refractivity contribution in [2.75, 3.05) is 13.1 Å². The third-order valence-corrected chi connectivity index (χ3v) is 5.69. The highest BCUT2D eigenvalue weighted by atomic mass is 14.9. The molecule has 0 aromatic carbocycles. The van der Waals surface area contributed by atoms with Gasteiger partial charge in [-0.1, -0.05) is 62.3 Å². The van der Waals surface area contributed by atoms with Crippen LogP contribution in [0.5, 0.6) is 0 Å². The highest BCUT2D eigenvalue weighted by Crippen LogP contribution is 2.38. The molecule has 0 saturated heterocycles. The van der Waals surface area contributed by atoms with Crippen molar-refractivity contribution in [3.8, 4) is 0 Å². The van der Waals surface area contributed by atoms with Crippen molar-refractivity contribution in [2.24, 2.45) is 27.9 Å². The molecule has 0 saturated carbocycles. The molecule has 0 aliphatic rings. The van der Waals surface area contributed by atoms with Crippen molar-refractivity contribution < 1.29 is 0 Å². The van der Waals surface area contributed by atoms with Gasteiger partial charge in [-0.05, 0) is 41.5 Å². The van der Waals surface area contributed by atoms with E-state index in [1.54, 1.807) is 0 Å². The summed E-state index contributed by atoms with van der Waals surface area (Å²) in [4.78, 5) is 0. The Bertz CT molecular complexity index is 277. The van der Waals surface area contributed by atoms with E-state index in [1.165, 1.54) is 12.8 Å². The Morgan fingerprint density at radius 3 is 1.80 bits per heavy atom. The maximum atomic E-state index is 5.96. The summed E-state index contributed by atoms with van der Waals surface area (Å²) in [5.41, 5.74) is 6.65.